The molecular formula is C18H23N4O3S+. The molecule has 1 aliphatic rings. The second-order valence-corrected chi connectivity index (χ2v) is 7.29. The number of primary amides is 1. The molecule has 7 nitrogen and oxygen atoms in total. The van der Waals surface area contributed by atoms with Crippen LogP contribution >= 0.6 is 11.3 Å². The minimum absolute atomic E-state index is 0.124. The Hall–Kier alpha value is -2.58. The van der Waals surface area contributed by atoms with Gasteiger partial charge in [-0.3, -0.25) is 9.59 Å². The highest BCUT2D eigenvalue weighted by Gasteiger charge is 2.30. The molecule has 5 N–H and O–H groups in total. The molecule has 138 valence electrons. The molecule has 1 fully saturated rings. The molecule has 1 aliphatic heterocycles. The van der Waals surface area contributed by atoms with E-state index in [1.165, 1.54) is 16.2 Å². The van der Waals surface area contributed by atoms with Crippen molar-refractivity contribution in [1.82, 2.24) is 0 Å². The Labute approximate surface area is 156 Å². The fourth-order valence-electron chi connectivity index (χ4n) is 3.21. The van der Waals surface area contributed by atoms with Crippen molar-refractivity contribution < 1.29 is 19.6 Å². The number of phenolic OH excluding ortho intramolecular Hbond substituents is 1. The van der Waals surface area contributed by atoms with Crippen LogP contribution in [0.4, 0.5) is 10.7 Å². The minimum Gasteiger partial charge on any atom is -0.506 e. The zero-order chi connectivity index (χ0) is 18.7. The van der Waals surface area contributed by atoms with E-state index in [0.717, 1.165) is 31.9 Å². The lowest BCUT2D eigenvalue weighted by Gasteiger charge is -2.36. The molecule has 2 aromatic rings. The number of thiophene rings is 1. The molecule has 0 bridgehead atoms. The zero-order valence-electron chi connectivity index (χ0n) is 14.6. The molecule has 8 heteroatoms. The molecule has 0 radical (unpaired) electrons. The lowest BCUT2D eigenvalue weighted by Crippen LogP contribution is -3.19. The van der Waals surface area contributed by atoms with Gasteiger partial charge in [0.05, 0.1) is 37.4 Å². The monoisotopic (exact) mass is 375 g/mol. The van der Waals surface area contributed by atoms with Crippen LogP contribution in [0.15, 0.2) is 35.7 Å². The van der Waals surface area contributed by atoms with Crippen LogP contribution in [0.1, 0.15) is 17.3 Å². The van der Waals surface area contributed by atoms with Crippen LogP contribution in [-0.2, 0) is 4.79 Å². The Kier molecular flexibility index (Phi) is 5.43. The Bertz CT molecular complexity index is 799. The number of carbonyl (C=O) groups is 2. The molecule has 1 aromatic carbocycles. The van der Waals surface area contributed by atoms with Crippen molar-refractivity contribution in [2.45, 2.75) is 13.0 Å². The van der Waals surface area contributed by atoms with Crippen molar-refractivity contribution in [3.8, 4) is 5.75 Å². The predicted octanol–water partition coefficient (Wildman–Crippen LogP) is 0.285. The maximum absolute atomic E-state index is 12.6. The lowest BCUT2D eigenvalue weighted by atomic mass is 10.2. The molecule has 2 amide bonds. The van der Waals surface area contributed by atoms with Crippen molar-refractivity contribution in [3.05, 3.63) is 41.3 Å². The third-order valence-electron chi connectivity index (χ3n) is 4.80. The highest BCUT2D eigenvalue weighted by Crippen LogP contribution is 2.26. The molecular weight excluding hydrogens is 352 g/mol. The largest absolute Gasteiger partial charge is 0.506 e. The van der Waals surface area contributed by atoms with Gasteiger partial charge in [-0.15, -0.1) is 11.3 Å². The summed E-state index contributed by atoms with van der Waals surface area (Å²) in [4.78, 5) is 27.2. The number of rotatable bonds is 5. The van der Waals surface area contributed by atoms with E-state index in [4.69, 9.17) is 5.73 Å². The first-order valence-electron chi connectivity index (χ1n) is 8.53. The summed E-state index contributed by atoms with van der Waals surface area (Å²) in [5.74, 6) is -0.391. The number of aromatic hydroxyl groups is 1. The third kappa shape index (κ3) is 3.81. The van der Waals surface area contributed by atoms with Gasteiger partial charge >= 0.3 is 0 Å². The van der Waals surface area contributed by atoms with Gasteiger partial charge in [0.2, 0.25) is 0 Å². The second kappa shape index (κ2) is 7.76. The molecule has 0 aliphatic carbocycles. The van der Waals surface area contributed by atoms with Gasteiger partial charge in [-0.2, -0.15) is 0 Å². The van der Waals surface area contributed by atoms with Gasteiger partial charge in [0.25, 0.3) is 11.8 Å². The van der Waals surface area contributed by atoms with Gasteiger partial charge in [0.15, 0.2) is 6.04 Å². The molecule has 1 atom stereocenters. The summed E-state index contributed by atoms with van der Waals surface area (Å²) in [5, 5.41) is 15.1. The van der Waals surface area contributed by atoms with Crippen LogP contribution in [0.2, 0.25) is 0 Å². The number of nitrogens with zero attached hydrogens (tertiary/aromatic N) is 1. The molecule has 0 spiro atoms. The zero-order valence-corrected chi connectivity index (χ0v) is 15.4. The number of piperazine rings is 1. The predicted molar refractivity (Wildman–Crippen MR) is 102 cm³/mol. The van der Waals surface area contributed by atoms with Crippen LogP contribution in [0.25, 0.3) is 0 Å². The smallest absolute Gasteiger partial charge is 0.282 e. The normalized spacial score (nSPS) is 16.3. The Morgan fingerprint density at radius 1 is 1.27 bits per heavy atom. The van der Waals surface area contributed by atoms with E-state index in [1.54, 1.807) is 23.6 Å². The van der Waals surface area contributed by atoms with Crippen molar-refractivity contribution in [1.29, 1.82) is 0 Å². The Balaban J connectivity index is 1.58. The number of quaternary nitrogens is 1. The SMILES string of the molecule is C[C@@H](C(=O)Nc1sccc1C(N)=O)[NH+]1CCN(c2ccccc2O)CC1. The quantitative estimate of drug-likeness (QED) is 0.603. The number of nitrogens with one attached hydrogen (secondary N) is 2. The van der Waals surface area contributed by atoms with Crippen LogP contribution < -0.4 is 20.9 Å². The number of benzene rings is 1. The summed E-state index contributed by atoms with van der Waals surface area (Å²) < 4.78 is 0. The van der Waals surface area contributed by atoms with Crippen molar-refractivity contribution >= 4 is 33.8 Å². The summed E-state index contributed by atoms with van der Waals surface area (Å²) in [5.41, 5.74) is 6.49. The maximum Gasteiger partial charge on any atom is 0.282 e. The highest BCUT2D eigenvalue weighted by molar-refractivity contribution is 7.14. The molecule has 1 aromatic heterocycles. The molecule has 0 saturated carbocycles. The van der Waals surface area contributed by atoms with E-state index in [-0.39, 0.29) is 17.7 Å². The van der Waals surface area contributed by atoms with Crippen LogP contribution in [-0.4, -0.2) is 49.1 Å². The Morgan fingerprint density at radius 2 is 1.96 bits per heavy atom. The minimum atomic E-state index is -0.544. The van der Waals surface area contributed by atoms with E-state index in [0.29, 0.717) is 10.6 Å². The molecule has 26 heavy (non-hydrogen) atoms. The van der Waals surface area contributed by atoms with Crippen molar-refractivity contribution in [3.63, 3.8) is 0 Å². The number of phenols is 1. The van der Waals surface area contributed by atoms with E-state index < -0.39 is 5.91 Å². The van der Waals surface area contributed by atoms with E-state index in [9.17, 15) is 14.7 Å². The standard InChI is InChI=1S/C18H22N4O3S/c1-12(17(25)20-18-13(16(19)24)6-11-26-18)21-7-9-22(10-8-21)14-4-2-3-5-15(14)23/h2-6,11-12,23H,7-10H2,1H3,(H2,19,24)(H,20,25)/p+1/t12-/m0/s1. The summed E-state index contributed by atoms with van der Waals surface area (Å²) in [7, 11) is 0. The summed E-state index contributed by atoms with van der Waals surface area (Å²) in [6.45, 7) is 4.98. The molecule has 2 heterocycles. The lowest BCUT2D eigenvalue weighted by molar-refractivity contribution is -0.914. The highest BCUT2D eigenvalue weighted by atomic mass is 32.1. The first-order chi connectivity index (χ1) is 12.5. The topological polar surface area (TPSA) is 100 Å². The van der Waals surface area contributed by atoms with Crippen LogP contribution in [0.3, 0.4) is 0 Å². The van der Waals surface area contributed by atoms with Crippen LogP contribution in [0, 0.1) is 0 Å². The van der Waals surface area contributed by atoms with Gasteiger partial charge in [-0.25, -0.2) is 0 Å². The van der Waals surface area contributed by atoms with Gasteiger partial charge in [-0.1, -0.05) is 12.1 Å². The fraction of sp³-hybridized carbons (Fsp3) is 0.333. The number of carbonyl (C=O) groups excluding carboxylic acids is 2. The number of hydrogen-bond donors (Lipinski definition) is 4. The number of amides is 2. The van der Waals surface area contributed by atoms with Gasteiger partial charge in [0, 0.05) is 0 Å². The van der Waals surface area contributed by atoms with E-state index >= 15 is 0 Å². The number of hydrogen-bond acceptors (Lipinski definition) is 5. The molecule has 0 unspecified atom stereocenters. The van der Waals surface area contributed by atoms with E-state index in [1.807, 2.05) is 19.1 Å². The summed E-state index contributed by atoms with van der Waals surface area (Å²) in [6.07, 6.45) is 0. The summed E-state index contributed by atoms with van der Waals surface area (Å²) in [6, 6.07) is 8.66. The first-order valence-corrected chi connectivity index (χ1v) is 9.41. The number of para-hydroxylation sites is 2. The fourth-order valence-corrected chi connectivity index (χ4v) is 4.00. The van der Waals surface area contributed by atoms with Gasteiger partial charge < -0.3 is 26.0 Å². The van der Waals surface area contributed by atoms with Gasteiger partial charge in [0.1, 0.15) is 10.8 Å². The number of anilines is 2. The second-order valence-electron chi connectivity index (χ2n) is 6.37. The number of nitrogens with two attached hydrogens (primary N) is 1. The Morgan fingerprint density at radius 3 is 2.62 bits per heavy atom. The van der Waals surface area contributed by atoms with Crippen molar-refractivity contribution in [2.75, 3.05) is 36.4 Å². The van der Waals surface area contributed by atoms with Crippen LogP contribution in [0.5, 0.6) is 5.75 Å². The maximum atomic E-state index is 12.6. The van der Waals surface area contributed by atoms with Gasteiger partial charge in [-0.05, 0) is 30.5 Å². The van der Waals surface area contributed by atoms with E-state index in [2.05, 4.69) is 10.2 Å². The first kappa shape index (κ1) is 18.2. The molecule has 3 rings (SSSR count). The average molecular weight is 375 g/mol. The summed E-state index contributed by atoms with van der Waals surface area (Å²) >= 11 is 1.29. The average Bonchev–Trinajstić information content (AvgIpc) is 3.10. The molecule has 1 saturated heterocycles. The van der Waals surface area contributed by atoms with Crippen molar-refractivity contribution in [2.24, 2.45) is 5.73 Å². The third-order valence-corrected chi connectivity index (χ3v) is 5.63.